The van der Waals surface area contributed by atoms with Crippen LogP contribution in [-0.4, -0.2) is 17.2 Å². The first-order chi connectivity index (χ1) is 11.6. The van der Waals surface area contributed by atoms with Crippen LogP contribution >= 0.6 is 0 Å². The van der Waals surface area contributed by atoms with Crippen molar-refractivity contribution in [3.05, 3.63) is 88.7 Å². The van der Waals surface area contributed by atoms with E-state index >= 15 is 0 Å². The highest BCUT2D eigenvalue weighted by Gasteiger charge is 2.17. The average Bonchev–Trinajstić information content (AvgIpc) is 2.56. The Balaban J connectivity index is 2.10. The van der Waals surface area contributed by atoms with Gasteiger partial charge in [0, 0.05) is 25.0 Å². The topological polar surface area (TPSA) is 78.7 Å². The summed E-state index contributed by atoms with van der Waals surface area (Å²) in [5, 5.41) is 10.7. The molecule has 6 heteroatoms. The third-order valence-electron chi connectivity index (χ3n) is 3.36. The highest BCUT2D eigenvalue weighted by Crippen LogP contribution is 2.16. The molecular formula is C18H17NO5. The van der Waals surface area contributed by atoms with Gasteiger partial charge in [0.1, 0.15) is 6.10 Å². The molecule has 1 unspecified atom stereocenters. The highest BCUT2D eigenvalue weighted by molar-refractivity contribution is 5.61. The summed E-state index contributed by atoms with van der Waals surface area (Å²) in [6, 6.07) is 15.7. The van der Waals surface area contributed by atoms with Crippen molar-refractivity contribution in [2.75, 3.05) is 0 Å². The number of nitro groups is 1. The minimum Gasteiger partial charge on any atom is -0.430 e. The van der Waals surface area contributed by atoms with Crippen molar-refractivity contribution in [3.8, 4) is 0 Å². The van der Waals surface area contributed by atoms with Crippen LogP contribution in [0.2, 0.25) is 0 Å². The van der Waals surface area contributed by atoms with Crippen LogP contribution in [0.15, 0.2) is 67.4 Å². The van der Waals surface area contributed by atoms with Crippen LogP contribution in [0.25, 0.3) is 0 Å². The molecule has 0 radical (unpaired) electrons. The Morgan fingerprint density at radius 1 is 1.08 bits per heavy atom. The van der Waals surface area contributed by atoms with Gasteiger partial charge in [-0.25, -0.2) is 4.79 Å². The van der Waals surface area contributed by atoms with Gasteiger partial charge in [-0.05, 0) is 11.1 Å². The molecule has 0 spiro atoms. The second-order valence-electron chi connectivity index (χ2n) is 5.09. The summed E-state index contributed by atoms with van der Waals surface area (Å²) in [5.74, 6) is 0. The van der Waals surface area contributed by atoms with Gasteiger partial charge in [0.15, 0.2) is 0 Å². The Morgan fingerprint density at radius 3 is 2.21 bits per heavy atom. The fourth-order valence-corrected chi connectivity index (χ4v) is 2.28. The fraction of sp³-hybridized carbons (Fsp3) is 0.167. The van der Waals surface area contributed by atoms with E-state index in [1.807, 2.05) is 30.3 Å². The number of carbonyl (C=O) groups excluding carboxylic acids is 1. The molecule has 0 amide bonds. The van der Waals surface area contributed by atoms with Crippen LogP contribution in [0.1, 0.15) is 11.1 Å². The molecule has 0 fully saturated rings. The van der Waals surface area contributed by atoms with Gasteiger partial charge < -0.3 is 9.47 Å². The monoisotopic (exact) mass is 327 g/mol. The van der Waals surface area contributed by atoms with Crippen LogP contribution in [0.4, 0.5) is 10.5 Å². The summed E-state index contributed by atoms with van der Waals surface area (Å²) in [7, 11) is 0. The van der Waals surface area contributed by atoms with Gasteiger partial charge in [-0.1, -0.05) is 49.0 Å². The van der Waals surface area contributed by atoms with Crippen molar-refractivity contribution >= 4 is 11.8 Å². The Bertz CT molecular complexity index is 697. The van der Waals surface area contributed by atoms with E-state index in [0.717, 1.165) is 17.4 Å². The predicted molar refractivity (Wildman–Crippen MR) is 88.5 cm³/mol. The molecule has 0 saturated heterocycles. The summed E-state index contributed by atoms with van der Waals surface area (Å²) < 4.78 is 9.92. The quantitative estimate of drug-likeness (QED) is 0.332. The highest BCUT2D eigenvalue weighted by atomic mass is 16.7. The van der Waals surface area contributed by atoms with Gasteiger partial charge in [0.05, 0.1) is 11.2 Å². The van der Waals surface area contributed by atoms with Gasteiger partial charge in [0.25, 0.3) is 5.69 Å². The molecule has 0 bridgehead atoms. The Hall–Kier alpha value is -3.15. The second-order valence-corrected chi connectivity index (χ2v) is 5.09. The Morgan fingerprint density at radius 2 is 1.67 bits per heavy atom. The molecule has 124 valence electrons. The van der Waals surface area contributed by atoms with Crippen molar-refractivity contribution in [1.29, 1.82) is 0 Å². The first kappa shape index (κ1) is 17.2. The zero-order valence-electron chi connectivity index (χ0n) is 13.0. The maximum atomic E-state index is 11.6. The summed E-state index contributed by atoms with van der Waals surface area (Å²) in [5.41, 5.74) is 1.86. The standard InChI is InChI=1S/C18H17NO5/c1-2-23-18(20)24-17(12-14-6-4-3-5-7-14)13-15-8-10-16(11-9-15)19(21)22/h2-11,17H,1,12-13H2. The van der Waals surface area contributed by atoms with Gasteiger partial charge in [-0.15, -0.1) is 0 Å². The third-order valence-corrected chi connectivity index (χ3v) is 3.36. The SMILES string of the molecule is C=COC(=O)OC(Cc1ccccc1)Cc1ccc([N+](=O)[O-])cc1. The van der Waals surface area contributed by atoms with E-state index in [9.17, 15) is 14.9 Å². The molecule has 0 aliphatic heterocycles. The molecule has 1 atom stereocenters. The molecule has 2 aromatic rings. The van der Waals surface area contributed by atoms with Crippen molar-refractivity contribution in [2.24, 2.45) is 0 Å². The summed E-state index contributed by atoms with van der Waals surface area (Å²) >= 11 is 0. The normalized spacial score (nSPS) is 11.3. The lowest BCUT2D eigenvalue weighted by Gasteiger charge is -2.17. The summed E-state index contributed by atoms with van der Waals surface area (Å²) in [6.07, 6.45) is 0.644. The van der Waals surface area contributed by atoms with E-state index in [0.29, 0.717) is 12.8 Å². The van der Waals surface area contributed by atoms with Crippen molar-refractivity contribution in [3.63, 3.8) is 0 Å². The number of nitro benzene ring substituents is 1. The van der Waals surface area contributed by atoms with E-state index in [4.69, 9.17) is 4.74 Å². The maximum Gasteiger partial charge on any atom is 0.513 e. The first-order valence-electron chi connectivity index (χ1n) is 7.34. The lowest BCUT2D eigenvalue weighted by molar-refractivity contribution is -0.384. The summed E-state index contributed by atoms with van der Waals surface area (Å²) in [6.45, 7) is 3.32. The summed E-state index contributed by atoms with van der Waals surface area (Å²) in [4.78, 5) is 21.8. The second kappa shape index (κ2) is 8.47. The third kappa shape index (κ3) is 5.24. The fourth-order valence-electron chi connectivity index (χ4n) is 2.28. The van der Waals surface area contributed by atoms with Crippen molar-refractivity contribution in [1.82, 2.24) is 0 Å². The Kier molecular flexibility index (Phi) is 6.08. The van der Waals surface area contributed by atoms with Gasteiger partial charge in [-0.3, -0.25) is 10.1 Å². The van der Waals surface area contributed by atoms with E-state index in [2.05, 4.69) is 11.3 Å². The maximum absolute atomic E-state index is 11.6. The molecule has 0 heterocycles. The van der Waals surface area contributed by atoms with Gasteiger partial charge in [0.2, 0.25) is 0 Å². The van der Waals surface area contributed by atoms with Gasteiger partial charge >= 0.3 is 6.16 Å². The number of carbonyl (C=O) groups is 1. The first-order valence-corrected chi connectivity index (χ1v) is 7.34. The molecule has 6 nitrogen and oxygen atoms in total. The largest absolute Gasteiger partial charge is 0.513 e. The molecule has 24 heavy (non-hydrogen) atoms. The molecule has 0 aliphatic carbocycles. The Labute approximate surface area is 139 Å². The number of hydrogen-bond donors (Lipinski definition) is 0. The number of nitrogens with zero attached hydrogens (tertiary/aromatic N) is 1. The van der Waals surface area contributed by atoms with Crippen LogP contribution in [0, 0.1) is 10.1 Å². The minimum absolute atomic E-state index is 0.0188. The smallest absolute Gasteiger partial charge is 0.430 e. The minimum atomic E-state index is -0.826. The molecule has 2 aromatic carbocycles. The van der Waals surface area contributed by atoms with Gasteiger partial charge in [-0.2, -0.15) is 0 Å². The van der Waals surface area contributed by atoms with E-state index in [-0.39, 0.29) is 5.69 Å². The van der Waals surface area contributed by atoms with Crippen LogP contribution in [-0.2, 0) is 22.3 Å². The molecule has 0 aliphatic rings. The molecule has 0 saturated carbocycles. The molecular weight excluding hydrogens is 310 g/mol. The van der Waals surface area contributed by atoms with Crippen LogP contribution in [0.3, 0.4) is 0 Å². The zero-order valence-corrected chi connectivity index (χ0v) is 13.0. The number of ether oxygens (including phenoxy) is 2. The molecule has 0 aromatic heterocycles. The van der Waals surface area contributed by atoms with E-state index in [1.165, 1.54) is 12.1 Å². The number of rotatable bonds is 7. The number of non-ortho nitro benzene ring substituents is 1. The zero-order chi connectivity index (χ0) is 17.4. The van der Waals surface area contributed by atoms with Crippen LogP contribution in [0.5, 0.6) is 0 Å². The van der Waals surface area contributed by atoms with Crippen LogP contribution < -0.4 is 0 Å². The molecule has 0 N–H and O–H groups in total. The van der Waals surface area contributed by atoms with E-state index < -0.39 is 17.2 Å². The van der Waals surface area contributed by atoms with E-state index in [1.54, 1.807) is 12.1 Å². The lowest BCUT2D eigenvalue weighted by atomic mass is 10.0. The lowest BCUT2D eigenvalue weighted by Crippen LogP contribution is -2.23. The molecule has 2 rings (SSSR count). The number of benzene rings is 2. The van der Waals surface area contributed by atoms with Crippen molar-refractivity contribution < 1.29 is 19.2 Å². The predicted octanol–water partition coefficient (Wildman–Crippen LogP) is 4.05. The average molecular weight is 327 g/mol. The van der Waals surface area contributed by atoms with Crippen molar-refractivity contribution in [2.45, 2.75) is 18.9 Å². The number of hydrogen-bond acceptors (Lipinski definition) is 5.